The molecule has 2 bridgehead atoms. The van der Waals surface area contributed by atoms with Gasteiger partial charge in [0.15, 0.2) is 0 Å². The molecule has 2 fully saturated rings. The highest BCUT2D eigenvalue weighted by Gasteiger charge is 2.39. The molecule has 0 radical (unpaired) electrons. The molecular weight excluding hydrogens is 194 g/mol. The third-order valence-electron chi connectivity index (χ3n) is 4.83. The molecule has 1 nitrogen and oxygen atoms in total. The van der Waals surface area contributed by atoms with Crippen molar-refractivity contribution in [2.75, 3.05) is 6.54 Å². The van der Waals surface area contributed by atoms with Gasteiger partial charge in [-0.25, -0.2) is 0 Å². The second-order valence-electron chi connectivity index (χ2n) is 6.12. The minimum Gasteiger partial charge on any atom is -0.314 e. The van der Waals surface area contributed by atoms with Crippen molar-refractivity contribution in [2.24, 2.45) is 17.8 Å². The van der Waals surface area contributed by atoms with E-state index >= 15 is 0 Å². The van der Waals surface area contributed by atoms with Crippen LogP contribution >= 0.6 is 0 Å². The van der Waals surface area contributed by atoms with E-state index in [0.29, 0.717) is 0 Å². The fourth-order valence-corrected chi connectivity index (χ4v) is 3.99. The van der Waals surface area contributed by atoms with Crippen LogP contribution in [0.1, 0.15) is 65.2 Å². The Bertz CT molecular complexity index is 196. The van der Waals surface area contributed by atoms with Gasteiger partial charge in [-0.05, 0) is 56.4 Å². The van der Waals surface area contributed by atoms with Crippen molar-refractivity contribution < 1.29 is 0 Å². The van der Waals surface area contributed by atoms with E-state index in [1.54, 1.807) is 6.42 Å². The Kier molecular flexibility index (Phi) is 4.69. The van der Waals surface area contributed by atoms with Crippen molar-refractivity contribution in [3.8, 4) is 0 Å². The lowest BCUT2D eigenvalue weighted by molar-refractivity contribution is 0.297. The molecule has 3 unspecified atom stereocenters. The molecule has 2 aliphatic carbocycles. The molecule has 0 amide bonds. The zero-order chi connectivity index (χ0) is 11.4. The molecule has 0 aliphatic heterocycles. The molecule has 0 aromatic carbocycles. The van der Waals surface area contributed by atoms with E-state index in [4.69, 9.17) is 0 Å². The quantitative estimate of drug-likeness (QED) is 0.688. The first-order valence-electron chi connectivity index (χ1n) is 7.56. The maximum Gasteiger partial charge on any atom is 0.00669 e. The molecule has 2 aliphatic rings. The van der Waals surface area contributed by atoms with Crippen molar-refractivity contribution in [2.45, 2.75) is 71.3 Å². The Morgan fingerprint density at radius 1 is 1.06 bits per heavy atom. The first-order chi connectivity index (χ1) is 7.83. The summed E-state index contributed by atoms with van der Waals surface area (Å²) >= 11 is 0. The number of fused-ring (bicyclic) bond motifs is 2. The Morgan fingerprint density at radius 3 is 2.31 bits per heavy atom. The predicted octanol–water partition coefficient (Wildman–Crippen LogP) is 3.98. The van der Waals surface area contributed by atoms with Crippen molar-refractivity contribution in [3.05, 3.63) is 0 Å². The Balaban J connectivity index is 1.69. The Labute approximate surface area is 101 Å². The van der Waals surface area contributed by atoms with Gasteiger partial charge in [-0.3, -0.25) is 0 Å². The average Bonchev–Trinajstić information content (AvgIpc) is 2.88. The summed E-state index contributed by atoms with van der Waals surface area (Å²) in [5.74, 6) is 3.21. The van der Waals surface area contributed by atoms with Gasteiger partial charge < -0.3 is 5.32 Å². The fraction of sp³-hybridized carbons (Fsp3) is 1.00. The molecule has 16 heavy (non-hydrogen) atoms. The number of nitrogens with one attached hydrogen (secondary N) is 1. The summed E-state index contributed by atoms with van der Waals surface area (Å²) in [5, 5.41) is 3.85. The molecule has 0 saturated heterocycles. The summed E-state index contributed by atoms with van der Waals surface area (Å²) in [7, 11) is 0. The first kappa shape index (κ1) is 12.4. The van der Waals surface area contributed by atoms with Crippen LogP contribution in [0.15, 0.2) is 0 Å². The van der Waals surface area contributed by atoms with Crippen LogP contribution in [0.5, 0.6) is 0 Å². The minimum absolute atomic E-state index is 0.800. The largest absolute Gasteiger partial charge is 0.314 e. The van der Waals surface area contributed by atoms with Gasteiger partial charge in [0.25, 0.3) is 0 Å². The Hall–Kier alpha value is -0.0400. The van der Waals surface area contributed by atoms with Gasteiger partial charge in [0, 0.05) is 6.04 Å². The molecule has 1 heteroatoms. The second kappa shape index (κ2) is 6.05. The van der Waals surface area contributed by atoms with Crippen molar-refractivity contribution in [1.29, 1.82) is 0 Å². The van der Waals surface area contributed by atoms with Crippen molar-refractivity contribution in [3.63, 3.8) is 0 Å². The summed E-state index contributed by atoms with van der Waals surface area (Å²) < 4.78 is 0. The molecule has 0 aromatic rings. The maximum atomic E-state index is 3.85. The van der Waals surface area contributed by atoms with E-state index in [9.17, 15) is 0 Å². The zero-order valence-corrected chi connectivity index (χ0v) is 11.2. The van der Waals surface area contributed by atoms with Crippen LogP contribution < -0.4 is 5.32 Å². The standard InChI is InChI=1S/C15H29N/c1-3-5-15(6-4-2)16-11-14-10-12-7-8-13(14)9-12/h12-16H,3-11H2,1-2H3. The zero-order valence-electron chi connectivity index (χ0n) is 11.2. The molecule has 94 valence electrons. The van der Waals surface area contributed by atoms with Crippen LogP contribution in [-0.4, -0.2) is 12.6 Å². The third-order valence-corrected chi connectivity index (χ3v) is 4.83. The SMILES string of the molecule is CCCC(CCC)NCC1CC2CCC1C2. The van der Waals surface area contributed by atoms with Crippen LogP contribution in [0.2, 0.25) is 0 Å². The normalized spacial score (nSPS) is 32.8. The highest BCUT2D eigenvalue weighted by atomic mass is 14.9. The summed E-state index contributed by atoms with van der Waals surface area (Å²) in [5.41, 5.74) is 0. The monoisotopic (exact) mass is 223 g/mol. The predicted molar refractivity (Wildman–Crippen MR) is 70.5 cm³/mol. The van der Waals surface area contributed by atoms with Gasteiger partial charge in [0.05, 0.1) is 0 Å². The summed E-state index contributed by atoms with van der Waals surface area (Å²) in [6.45, 7) is 5.93. The lowest BCUT2D eigenvalue weighted by Crippen LogP contribution is -2.35. The molecule has 2 rings (SSSR count). The Morgan fingerprint density at radius 2 is 1.81 bits per heavy atom. The minimum atomic E-state index is 0.800. The first-order valence-corrected chi connectivity index (χ1v) is 7.56. The lowest BCUT2D eigenvalue weighted by atomic mass is 9.88. The number of hydrogen-bond donors (Lipinski definition) is 1. The topological polar surface area (TPSA) is 12.0 Å². The highest BCUT2D eigenvalue weighted by Crippen LogP contribution is 2.47. The van der Waals surface area contributed by atoms with Crippen molar-refractivity contribution >= 4 is 0 Å². The second-order valence-corrected chi connectivity index (χ2v) is 6.12. The van der Waals surface area contributed by atoms with Crippen LogP contribution in [0.4, 0.5) is 0 Å². The van der Waals surface area contributed by atoms with E-state index in [1.165, 1.54) is 51.5 Å². The molecule has 3 atom stereocenters. The highest BCUT2D eigenvalue weighted by molar-refractivity contribution is 4.91. The van der Waals surface area contributed by atoms with Crippen LogP contribution in [0, 0.1) is 17.8 Å². The average molecular weight is 223 g/mol. The van der Waals surface area contributed by atoms with Crippen molar-refractivity contribution in [1.82, 2.24) is 5.32 Å². The van der Waals surface area contributed by atoms with Crippen LogP contribution in [0.3, 0.4) is 0 Å². The number of rotatable bonds is 7. The molecule has 0 heterocycles. The summed E-state index contributed by atoms with van der Waals surface area (Å²) in [6, 6.07) is 0.800. The van der Waals surface area contributed by atoms with E-state index in [1.807, 2.05) is 0 Å². The molecular formula is C15H29N. The molecule has 0 spiro atoms. The maximum absolute atomic E-state index is 3.85. The van der Waals surface area contributed by atoms with Gasteiger partial charge in [0.1, 0.15) is 0 Å². The summed E-state index contributed by atoms with van der Waals surface area (Å²) in [4.78, 5) is 0. The van der Waals surface area contributed by atoms with E-state index in [-0.39, 0.29) is 0 Å². The van der Waals surface area contributed by atoms with Gasteiger partial charge in [-0.2, -0.15) is 0 Å². The van der Waals surface area contributed by atoms with Gasteiger partial charge in [0.2, 0.25) is 0 Å². The molecule has 0 aromatic heterocycles. The van der Waals surface area contributed by atoms with Crippen LogP contribution in [0.25, 0.3) is 0 Å². The van der Waals surface area contributed by atoms with E-state index in [0.717, 1.165) is 23.8 Å². The fourth-order valence-electron chi connectivity index (χ4n) is 3.99. The smallest absolute Gasteiger partial charge is 0.00669 e. The summed E-state index contributed by atoms with van der Waals surface area (Å²) in [6.07, 6.45) is 11.5. The third kappa shape index (κ3) is 3.00. The van der Waals surface area contributed by atoms with E-state index < -0.39 is 0 Å². The van der Waals surface area contributed by atoms with Gasteiger partial charge in [-0.1, -0.05) is 33.1 Å². The van der Waals surface area contributed by atoms with E-state index in [2.05, 4.69) is 19.2 Å². The van der Waals surface area contributed by atoms with Gasteiger partial charge in [-0.15, -0.1) is 0 Å². The van der Waals surface area contributed by atoms with Gasteiger partial charge >= 0.3 is 0 Å². The number of hydrogen-bond acceptors (Lipinski definition) is 1. The van der Waals surface area contributed by atoms with Crippen LogP contribution in [-0.2, 0) is 0 Å². The molecule has 2 saturated carbocycles. The lowest BCUT2D eigenvalue weighted by Gasteiger charge is -2.25. The molecule has 1 N–H and O–H groups in total.